The molecular formula is C38H45BrClN5O2. The average molecular weight is 719 g/mol. The summed E-state index contributed by atoms with van der Waals surface area (Å²) in [5.41, 5.74) is 5.76. The van der Waals surface area contributed by atoms with Gasteiger partial charge in [-0.05, 0) is 115 Å². The molecule has 6 rings (SSSR count). The smallest absolute Gasteiger partial charge is 0.410 e. The number of nitrogens with zero attached hydrogens (tertiary/aromatic N) is 5. The third kappa shape index (κ3) is 8.64. The second-order valence-corrected chi connectivity index (χ2v) is 15.4. The monoisotopic (exact) mass is 717 g/mol. The number of fused-ring (bicyclic) bond motifs is 2. The van der Waals surface area contributed by atoms with Gasteiger partial charge in [0.05, 0.1) is 12.0 Å². The van der Waals surface area contributed by atoms with Gasteiger partial charge in [0.15, 0.2) is 0 Å². The van der Waals surface area contributed by atoms with Gasteiger partial charge in [0.25, 0.3) is 0 Å². The van der Waals surface area contributed by atoms with Crippen LogP contribution in [-0.2, 0) is 30.7 Å². The summed E-state index contributed by atoms with van der Waals surface area (Å²) in [6.45, 7) is 9.85. The number of aryl methyl sites for hydroxylation is 3. The van der Waals surface area contributed by atoms with Crippen LogP contribution in [0.3, 0.4) is 0 Å². The Kier molecular flexibility index (Phi) is 10.7. The Morgan fingerprint density at radius 1 is 1.11 bits per heavy atom. The molecule has 2 aromatic heterocycles. The van der Waals surface area contributed by atoms with Crippen molar-refractivity contribution in [3.8, 4) is 0 Å². The van der Waals surface area contributed by atoms with Crippen LogP contribution < -0.4 is 0 Å². The molecule has 1 fully saturated rings. The second kappa shape index (κ2) is 14.9. The summed E-state index contributed by atoms with van der Waals surface area (Å²) in [4.78, 5) is 27.6. The minimum atomic E-state index is -0.567. The Morgan fingerprint density at radius 2 is 1.91 bits per heavy atom. The molecule has 0 spiro atoms. The van der Waals surface area contributed by atoms with E-state index in [1.807, 2.05) is 56.7 Å². The van der Waals surface area contributed by atoms with E-state index in [0.717, 1.165) is 73.5 Å². The fourth-order valence-corrected chi connectivity index (χ4v) is 7.92. The van der Waals surface area contributed by atoms with Gasteiger partial charge >= 0.3 is 6.09 Å². The van der Waals surface area contributed by atoms with Crippen molar-refractivity contribution in [1.29, 1.82) is 0 Å². The number of imidazole rings is 1. The summed E-state index contributed by atoms with van der Waals surface area (Å²) in [5, 5.41) is 0.771. The summed E-state index contributed by atoms with van der Waals surface area (Å²) >= 11 is 10.2. The lowest BCUT2D eigenvalue weighted by Crippen LogP contribution is -2.53. The SMILES string of the molecule is CC(C)(C)OC(=O)N1CCC(C2c3ccc(Cl)cc3CCc3cc(Br)cnc32)CC1CN(CCCn1ccnc1)Cc1ccccc1. The van der Waals surface area contributed by atoms with Crippen molar-refractivity contribution >= 4 is 33.6 Å². The second-order valence-electron chi connectivity index (χ2n) is 14.0. The Balaban J connectivity index is 1.32. The van der Waals surface area contributed by atoms with E-state index in [2.05, 4.69) is 78.9 Å². The quantitative estimate of drug-likeness (QED) is 0.174. The van der Waals surface area contributed by atoms with Crippen LogP contribution in [0, 0.1) is 5.92 Å². The van der Waals surface area contributed by atoms with E-state index >= 15 is 0 Å². The maximum atomic E-state index is 13.8. The first-order valence-corrected chi connectivity index (χ1v) is 17.9. The zero-order chi connectivity index (χ0) is 33.0. The number of amides is 1. The van der Waals surface area contributed by atoms with Crippen molar-refractivity contribution in [3.05, 3.63) is 117 Å². The molecule has 4 aromatic rings. The zero-order valence-electron chi connectivity index (χ0n) is 27.6. The lowest BCUT2D eigenvalue weighted by Gasteiger charge is -2.44. The van der Waals surface area contributed by atoms with E-state index in [1.165, 1.54) is 22.3 Å². The number of rotatable bonds is 9. The maximum absolute atomic E-state index is 13.8. The fraction of sp³-hybridized carbons (Fsp3) is 0.447. The molecule has 0 bridgehead atoms. The largest absolute Gasteiger partial charge is 0.444 e. The minimum Gasteiger partial charge on any atom is -0.444 e. The first-order valence-electron chi connectivity index (χ1n) is 16.8. The van der Waals surface area contributed by atoms with E-state index in [-0.39, 0.29) is 18.1 Å². The molecule has 1 saturated heterocycles. The molecule has 248 valence electrons. The highest BCUT2D eigenvalue weighted by Crippen LogP contribution is 2.44. The fourth-order valence-electron chi connectivity index (χ4n) is 7.35. The molecule has 2 aromatic carbocycles. The first-order chi connectivity index (χ1) is 22.6. The van der Waals surface area contributed by atoms with E-state index in [4.69, 9.17) is 21.3 Å². The molecule has 3 heterocycles. The number of carbonyl (C=O) groups excluding carboxylic acids is 1. The number of ether oxygens (including phenoxy) is 1. The number of halogens is 2. The first kappa shape index (κ1) is 33.7. The number of carbonyl (C=O) groups is 1. The van der Waals surface area contributed by atoms with Gasteiger partial charge in [0, 0.05) is 72.8 Å². The predicted molar refractivity (Wildman–Crippen MR) is 191 cm³/mol. The lowest BCUT2D eigenvalue weighted by atomic mass is 9.74. The van der Waals surface area contributed by atoms with Gasteiger partial charge in [-0.2, -0.15) is 0 Å². The van der Waals surface area contributed by atoms with Gasteiger partial charge < -0.3 is 14.2 Å². The Morgan fingerprint density at radius 3 is 2.68 bits per heavy atom. The van der Waals surface area contributed by atoms with Gasteiger partial charge in [0.2, 0.25) is 0 Å². The van der Waals surface area contributed by atoms with Gasteiger partial charge in [-0.1, -0.05) is 48.0 Å². The topological polar surface area (TPSA) is 63.5 Å². The molecule has 0 N–H and O–H groups in total. The standard InChI is InChI=1S/C38H45BrClN5O2/c1-38(2,3)47-37(46)45-18-14-29(35-34-13-12-32(40)21-28(34)10-11-30-20-31(39)23-42-36(30)35)22-33(45)25-44(24-27-8-5-4-6-9-27)17-7-16-43-19-15-41-26-43/h4-6,8-9,12-13,15,19-21,23,26,29,33,35H,7,10-11,14,16-18,22,24-25H2,1-3H3. The molecule has 2 aliphatic rings. The zero-order valence-corrected chi connectivity index (χ0v) is 30.0. The van der Waals surface area contributed by atoms with E-state index in [0.29, 0.717) is 12.5 Å². The summed E-state index contributed by atoms with van der Waals surface area (Å²) in [7, 11) is 0. The van der Waals surface area contributed by atoms with E-state index in [9.17, 15) is 4.79 Å². The normalized spacial score (nSPS) is 19.6. The summed E-state index contributed by atoms with van der Waals surface area (Å²) in [6.07, 6.45) is 12.0. The van der Waals surface area contributed by atoms with Crippen LogP contribution in [0.15, 0.2) is 84.0 Å². The number of likely N-dealkylation sites (tertiary alicyclic amines) is 1. The Bertz CT molecular complexity index is 1590. The molecule has 7 nitrogen and oxygen atoms in total. The minimum absolute atomic E-state index is 0.0153. The van der Waals surface area contributed by atoms with Crippen LogP contribution in [0.25, 0.3) is 0 Å². The molecule has 3 unspecified atom stereocenters. The van der Waals surface area contributed by atoms with Crippen LogP contribution in [0.5, 0.6) is 0 Å². The van der Waals surface area contributed by atoms with Gasteiger partial charge in [-0.3, -0.25) is 9.88 Å². The van der Waals surface area contributed by atoms with Crippen molar-refractivity contribution in [2.24, 2.45) is 5.92 Å². The van der Waals surface area contributed by atoms with Crippen molar-refractivity contribution < 1.29 is 9.53 Å². The van der Waals surface area contributed by atoms with Crippen molar-refractivity contribution in [2.75, 3.05) is 19.6 Å². The summed E-state index contributed by atoms with van der Waals surface area (Å²) < 4.78 is 9.13. The molecule has 0 saturated carbocycles. The van der Waals surface area contributed by atoms with Gasteiger partial charge in [-0.25, -0.2) is 9.78 Å². The number of piperidine rings is 1. The van der Waals surface area contributed by atoms with Crippen molar-refractivity contribution in [2.45, 2.75) is 83.5 Å². The highest BCUT2D eigenvalue weighted by Gasteiger charge is 2.40. The molecule has 1 aliphatic heterocycles. The third-order valence-corrected chi connectivity index (χ3v) is 10.1. The van der Waals surface area contributed by atoms with Gasteiger partial charge in [-0.15, -0.1) is 0 Å². The average Bonchev–Trinajstić information content (AvgIpc) is 3.49. The molecule has 1 amide bonds. The predicted octanol–water partition coefficient (Wildman–Crippen LogP) is 8.53. The summed E-state index contributed by atoms with van der Waals surface area (Å²) in [5.74, 6) is 0.425. The van der Waals surface area contributed by atoms with Crippen molar-refractivity contribution in [3.63, 3.8) is 0 Å². The highest BCUT2D eigenvalue weighted by molar-refractivity contribution is 9.10. The molecule has 0 radical (unpaired) electrons. The number of hydrogen-bond acceptors (Lipinski definition) is 5. The van der Waals surface area contributed by atoms with E-state index in [1.54, 1.807) is 0 Å². The Hall–Kier alpha value is -3.20. The lowest BCUT2D eigenvalue weighted by molar-refractivity contribution is -0.00256. The molecule has 1 aliphatic carbocycles. The van der Waals surface area contributed by atoms with Crippen LogP contribution in [0.1, 0.15) is 73.9 Å². The molecular weight excluding hydrogens is 674 g/mol. The molecule has 3 atom stereocenters. The number of aromatic nitrogens is 3. The van der Waals surface area contributed by atoms with Crippen LogP contribution in [-0.4, -0.2) is 61.7 Å². The molecule has 47 heavy (non-hydrogen) atoms. The van der Waals surface area contributed by atoms with E-state index < -0.39 is 5.60 Å². The Labute approximate surface area is 292 Å². The summed E-state index contributed by atoms with van der Waals surface area (Å²) in [6, 6.07) is 19.2. The number of pyridine rings is 1. The van der Waals surface area contributed by atoms with Crippen LogP contribution >= 0.6 is 27.5 Å². The molecule has 9 heteroatoms. The highest BCUT2D eigenvalue weighted by atomic mass is 79.9. The number of hydrogen-bond donors (Lipinski definition) is 0. The van der Waals surface area contributed by atoms with Crippen molar-refractivity contribution in [1.82, 2.24) is 24.3 Å². The van der Waals surface area contributed by atoms with Gasteiger partial charge in [0.1, 0.15) is 5.60 Å². The van der Waals surface area contributed by atoms with Crippen LogP contribution in [0.2, 0.25) is 5.02 Å². The third-order valence-electron chi connectivity index (χ3n) is 9.39. The van der Waals surface area contributed by atoms with Crippen LogP contribution in [0.4, 0.5) is 4.79 Å². The maximum Gasteiger partial charge on any atom is 0.410 e. The number of benzene rings is 2.